The number of aryl methyl sites for hydroxylation is 1. The Balaban J connectivity index is 2.13. The lowest BCUT2D eigenvalue weighted by atomic mass is 9.80. The van der Waals surface area contributed by atoms with Crippen LogP contribution in [-0.2, 0) is 0 Å². The van der Waals surface area contributed by atoms with Crippen LogP contribution in [0.4, 0.5) is 0 Å². The summed E-state index contributed by atoms with van der Waals surface area (Å²) >= 11 is 5.12. The normalized spacial score (nSPS) is 27.0. The van der Waals surface area contributed by atoms with Crippen LogP contribution in [0.5, 0.6) is 5.75 Å². The predicted molar refractivity (Wildman–Crippen MR) is 83.7 cm³/mol. The fourth-order valence-corrected chi connectivity index (χ4v) is 2.88. The molecule has 19 heavy (non-hydrogen) atoms. The highest BCUT2D eigenvalue weighted by molar-refractivity contribution is 7.80. The van der Waals surface area contributed by atoms with E-state index in [1.54, 1.807) is 0 Å². The Kier molecular flexibility index (Phi) is 4.46. The molecule has 1 aromatic rings. The monoisotopic (exact) mass is 277 g/mol. The first-order chi connectivity index (χ1) is 8.97. The van der Waals surface area contributed by atoms with Crippen molar-refractivity contribution in [3.8, 4) is 5.75 Å². The molecule has 3 atom stereocenters. The van der Waals surface area contributed by atoms with Crippen LogP contribution in [-0.4, -0.2) is 11.1 Å². The Labute approximate surface area is 121 Å². The molecule has 0 aromatic heterocycles. The summed E-state index contributed by atoms with van der Waals surface area (Å²) in [4.78, 5) is 0.413. The lowest BCUT2D eigenvalue weighted by Crippen LogP contribution is -2.29. The standard InChI is InChI=1S/C16H23NOS/c1-10-4-7-15(14(8-10)16(17)19)18-13-6-5-11(2)12(3)9-13/h4,7-8,11-13H,5-6,9H2,1-3H3,(H2,17,19). The zero-order valence-corrected chi connectivity index (χ0v) is 12.8. The molecule has 2 N–H and O–H groups in total. The van der Waals surface area contributed by atoms with E-state index in [0.29, 0.717) is 11.1 Å². The summed E-state index contributed by atoms with van der Waals surface area (Å²) in [5.74, 6) is 2.36. The molecule has 0 radical (unpaired) electrons. The molecular weight excluding hydrogens is 254 g/mol. The van der Waals surface area contributed by atoms with Gasteiger partial charge in [-0.15, -0.1) is 0 Å². The summed E-state index contributed by atoms with van der Waals surface area (Å²) in [6, 6.07) is 6.05. The minimum Gasteiger partial charge on any atom is -0.490 e. The molecule has 0 aliphatic heterocycles. The van der Waals surface area contributed by atoms with Crippen molar-refractivity contribution < 1.29 is 4.74 Å². The van der Waals surface area contributed by atoms with Gasteiger partial charge in [-0.3, -0.25) is 0 Å². The fraction of sp³-hybridized carbons (Fsp3) is 0.562. The summed E-state index contributed by atoms with van der Waals surface area (Å²) in [6.07, 6.45) is 3.77. The molecule has 0 saturated heterocycles. The first-order valence-electron chi connectivity index (χ1n) is 7.04. The maximum atomic E-state index is 6.15. The summed E-state index contributed by atoms with van der Waals surface area (Å²) in [7, 11) is 0. The highest BCUT2D eigenvalue weighted by atomic mass is 32.1. The average molecular weight is 277 g/mol. The lowest BCUT2D eigenvalue weighted by Gasteiger charge is -2.32. The Hall–Kier alpha value is -1.09. The van der Waals surface area contributed by atoms with Crippen LogP contribution < -0.4 is 10.5 Å². The molecule has 1 saturated carbocycles. The van der Waals surface area contributed by atoms with Gasteiger partial charge in [0.2, 0.25) is 0 Å². The van der Waals surface area contributed by atoms with Crippen molar-refractivity contribution in [1.29, 1.82) is 0 Å². The van der Waals surface area contributed by atoms with E-state index in [1.165, 1.54) is 6.42 Å². The van der Waals surface area contributed by atoms with Crippen LogP contribution in [0.25, 0.3) is 0 Å². The summed E-state index contributed by atoms with van der Waals surface area (Å²) < 4.78 is 6.15. The Morgan fingerprint density at radius 2 is 2.00 bits per heavy atom. The lowest BCUT2D eigenvalue weighted by molar-refractivity contribution is 0.100. The van der Waals surface area contributed by atoms with Crippen molar-refractivity contribution >= 4 is 17.2 Å². The van der Waals surface area contributed by atoms with E-state index in [2.05, 4.69) is 13.8 Å². The smallest absolute Gasteiger partial charge is 0.129 e. The first-order valence-corrected chi connectivity index (χ1v) is 7.45. The van der Waals surface area contributed by atoms with E-state index in [4.69, 9.17) is 22.7 Å². The quantitative estimate of drug-likeness (QED) is 0.853. The third-order valence-corrected chi connectivity index (χ3v) is 4.46. The van der Waals surface area contributed by atoms with Crippen LogP contribution in [0, 0.1) is 18.8 Å². The van der Waals surface area contributed by atoms with Crippen molar-refractivity contribution in [3.63, 3.8) is 0 Å². The Morgan fingerprint density at radius 3 is 2.63 bits per heavy atom. The van der Waals surface area contributed by atoms with Gasteiger partial charge in [0, 0.05) is 0 Å². The third-order valence-electron chi connectivity index (χ3n) is 4.24. The summed E-state index contributed by atoms with van der Waals surface area (Å²) in [5.41, 5.74) is 7.81. The van der Waals surface area contributed by atoms with Crippen molar-refractivity contribution in [2.45, 2.75) is 46.1 Å². The predicted octanol–water partition coefficient (Wildman–Crippen LogP) is 3.83. The summed E-state index contributed by atoms with van der Waals surface area (Å²) in [6.45, 7) is 6.67. The van der Waals surface area contributed by atoms with Crippen LogP contribution in [0.1, 0.15) is 44.2 Å². The topological polar surface area (TPSA) is 35.2 Å². The molecule has 2 nitrogen and oxygen atoms in total. The van der Waals surface area contributed by atoms with Crippen molar-refractivity contribution in [1.82, 2.24) is 0 Å². The van der Waals surface area contributed by atoms with Crippen LogP contribution in [0.3, 0.4) is 0 Å². The van der Waals surface area contributed by atoms with Crippen LogP contribution in [0.15, 0.2) is 18.2 Å². The number of rotatable bonds is 3. The van der Waals surface area contributed by atoms with Crippen molar-refractivity contribution in [3.05, 3.63) is 29.3 Å². The number of hydrogen-bond donors (Lipinski definition) is 1. The summed E-state index contributed by atoms with van der Waals surface area (Å²) in [5, 5.41) is 0. The number of thiocarbonyl (C=S) groups is 1. The molecule has 0 amide bonds. The highest BCUT2D eigenvalue weighted by Crippen LogP contribution is 2.32. The first kappa shape index (κ1) is 14.3. The maximum absolute atomic E-state index is 6.15. The number of benzene rings is 1. The van der Waals surface area contributed by atoms with E-state index in [9.17, 15) is 0 Å². The van der Waals surface area contributed by atoms with E-state index in [0.717, 1.165) is 41.6 Å². The number of nitrogens with two attached hydrogens (primary N) is 1. The van der Waals surface area contributed by atoms with Gasteiger partial charge in [0.15, 0.2) is 0 Å². The average Bonchev–Trinajstić information content (AvgIpc) is 2.36. The zero-order chi connectivity index (χ0) is 14.0. The molecule has 104 valence electrons. The minimum atomic E-state index is 0.294. The second-order valence-electron chi connectivity index (χ2n) is 5.87. The molecule has 1 aliphatic carbocycles. The fourth-order valence-electron chi connectivity index (χ4n) is 2.72. The molecular formula is C16H23NOS. The van der Waals surface area contributed by atoms with Gasteiger partial charge in [0.1, 0.15) is 10.7 Å². The molecule has 1 aliphatic rings. The highest BCUT2D eigenvalue weighted by Gasteiger charge is 2.26. The number of ether oxygens (including phenoxy) is 1. The molecule has 3 unspecified atom stereocenters. The maximum Gasteiger partial charge on any atom is 0.129 e. The van der Waals surface area contributed by atoms with E-state index < -0.39 is 0 Å². The van der Waals surface area contributed by atoms with Crippen LogP contribution in [0.2, 0.25) is 0 Å². The Morgan fingerprint density at radius 1 is 1.26 bits per heavy atom. The third kappa shape index (κ3) is 3.47. The van der Waals surface area contributed by atoms with Gasteiger partial charge >= 0.3 is 0 Å². The van der Waals surface area contributed by atoms with Gasteiger partial charge in [-0.2, -0.15) is 0 Å². The van der Waals surface area contributed by atoms with Gasteiger partial charge in [-0.1, -0.05) is 37.7 Å². The van der Waals surface area contributed by atoms with Crippen molar-refractivity contribution in [2.24, 2.45) is 17.6 Å². The van der Waals surface area contributed by atoms with E-state index in [1.807, 2.05) is 25.1 Å². The molecule has 1 aromatic carbocycles. The second kappa shape index (κ2) is 5.91. The molecule has 0 spiro atoms. The van der Waals surface area contributed by atoms with Crippen LogP contribution >= 0.6 is 12.2 Å². The molecule has 0 heterocycles. The molecule has 3 heteroatoms. The zero-order valence-electron chi connectivity index (χ0n) is 12.0. The minimum absolute atomic E-state index is 0.294. The van der Waals surface area contributed by atoms with Crippen molar-refractivity contribution in [2.75, 3.05) is 0 Å². The molecule has 0 bridgehead atoms. The number of hydrogen-bond acceptors (Lipinski definition) is 2. The second-order valence-corrected chi connectivity index (χ2v) is 6.31. The SMILES string of the molecule is Cc1ccc(OC2CCC(C)C(C)C2)c(C(N)=S)c1. The Bertz CT molecular complexity index is 472. The van der Waals surface area contributed by atoms with E-state index >= 15 is 0 Å². The van der Waals surface area contributed by atoms with Gasteiger partial charge in [-0.25, -0.2) is 0 Å². The van der Waals surface area contributed by atoms with Gasteiger partial charge in [0.25, 0.3) is 0 Å². The van der Waals surface area contributed by atoms with Gasteiger partial charge in [0.05, 0.1) is 11.7 Å². The molecule has 1 fully saturated rings. The van der Waals surface area contributed by atoms with E-state index in [-0.39, 0.29) is 0 Å². The van der Waals surface area contributed by atoms with Gasteiger partial charge in [-0.05, 0) is 50.2 Å². The molecule has 2 rings (SSSR count). The van der Waals surface area contributed by atoms with Gasteiger partial charge < -0.3 is 10.5 Å². The largest absolute Gasteiger partial charge is 0.490 e.